The topological polar surface area (TPSA) is 49.4 Å². The number of amides is 2. The zero-order chi connectivity index (χ0) is 22.9. The Labute approximate surface area is 195 Å². The summed E-state index contributed by atoms with van der Waals surface area (Å²) in [5, 5.41) is 3.18. The molecule has 1 atom stereocenters. The van der Waals surface area contributed by atoms with Crippen LogP contribution in [0, 0.1) is 12.7 Å². The molecule has 0 saturated heterocycles. The third kappa shape index (κ3) is 6.83. The summed E-state index contributed by atoms with van der Waals surface area (Å²) in [4.78, 5) is 28.2. The SMILES string of the molecule is CC[C@@H](C(=O)NC1CCCC1)N(Cc1ccccc1C)C(=O)CSCc1ccc(F)cc1. The second kappa shape index (κ2) is 12.0. The Morgan fingerprint density at radius 1 is 1.12 bits per heavy atom. The normalized spacial score (nSPS) is 14.8. The molecule has 0 unspecified atom stereocenters. The van der Waals surface area contributed by atoms with Crippen LogP contribution in [0.25, 0.3) is 0 Å². The first-order valence-electron chi connectivity index (χ1n) is 11.4. The molecule has 1 aliphatic rings. The number of rotatable bonds is 10. The fraction of sp³-hybridized carbons (Fsp3) is 0.462. The Hall–Kier alpha value is -2.34. The van der Waals surface area contributed by atoms with Gasteiger partial charge < -0.3 is 10.2 Å². The first-order valence-corrected chi connectivity index (χ1v) is 12.6. The lowest BCUT2D eigenvalue weighted by atomic mass is 10.1. The third-order valence-corrected chi connectivity index (χ3v) is 7.09. The van der Waals surface area contributed by atoms with E-state index in [1.165, 1.54) is 23.9 Å². The predicted molar refractivity (Wildman–Crippen MR) is 129 cm³/mol. The third-order valence-electron chi connectivity index (χ3n) is 6.10. The van der Waals surface area contributed by atoms with E-state index in [1.807, 2.05) is 38.1 Å². The van der Waals surface area contributed by atoms with Crippen molar-refractivity contribution in [1.29, 1.82) is 0 Å². The minimum absolute atomic E-state index is 0.0474. The zero-order valence-electron chi connectivity index (χ0n) is 19.0. The van der Waals surface area contributed by atoms with Crippen LogP contribution in [0.5, 0.6) is 0 Å². The highest BCUT2D eigenvalue weighted by molar-refractivity contribution is 7.99. The molecule has 4 nitrogen and oxygen atoms in total. The summed E-state index contributed by atoms with van der Waals surface area (Å²) >= 11 is 1.49. The zero-order valence-corrected chi connectivity index (χ0v) is 19.8. The first kappa shape index (κ1) is 24.3. The summed E-state index contributed by atoms with van der Waals surface area (Å²) in [5.74, 6) is 0.531. The molecule has 0 aliphatic heterocycles. The number of hydrogen-bond acceptors (Lipinski definition) is 3. The van der Waals surface area contributed by atoms with Crippen molar-refractivity contribution in [1.82, 2.24) is 10.2 Å². The summed E-state index contributed by atoms with van der Waals surface area (Å²) < 4.78 is 13.1. The van der Waals surface area contributed by atoms with E-state index in [2.05, 4.69) is 5.32 Å². The molecule has 0 heterocycles. The summed E-state index contributed by atoms with van der Waals surface area (Å²) in [6.45, 7) is 4.41. The molecule has 1 N–H and O–H groups in total. The van der Waals surface area contributed by atoms with Gasteiger partial charge in [0.1, 0.15) is 11.9 Å². The maximum Gasteiger partial charge on any atom is 0.243 e. The summed E-state index contributed by atoms with van der Waals surface area (Å²) in [7, 11) is 0. The maximum atomic E-state index is 13.3. The van der Waals surface area contributed by atoms with Gasteiger partial charge in [-0.1, -0.05) is 56.2 Å². The van der Waals surface area contributed by atoms with Gasteiger partial charge in [-0.2, -0.15) is 0 Å². The largest absolute Gasteiger partial charge is 0.352 e. The standard InChI is InChI=1S/C26H33FN2O2S/c1-3-24(26(31)28-23-10-6-7-11-23)29(16-21-9-5-4-8-19(21)2)25(30)18-32-17-20-12-14-22(27)15-13-20/h4-5,8-9,12-15,23-24H,3,6-7,10-11,16-18H2,1-2H3,(H,28,31)/t24-/m0/s1. The molecule has 32 heavy (non-hydrogen) atoms. The molecule has 6 heteroatoms. The second-order valence-corrected chi connectivity index (χ2v) is 9.47. The van der Waals surface area contributed by atoms with Crippen LogP contribution in [-0.4, -0.2) is 34.6 Å². The predicted octanol–water partition coefficient (Wildman–Crippen LogP) is 5.23. The van der Waals surface area contributed by atoms with Gasteiger partial charge >= 0.3 is 0 Å². The summed E-state index contributed by atoms with van der Waals surface area (Å²) in [6.07, 6.45) is 4.89. The van der Waals surface area contributed by atoms with Gasteiger partial charge in [-0.25, -0.2) is 4.39 Å². The Kier molecular flexibility index (Phi) is 9.15. The Balaban J connectivity index is 1.70. The van der Waals surface area contributed by atoms with Crippen LogP contribution >= 0.6 is 11.8 Å². The monoisotopic (exact) mass is 456 g/mol. The molecule has 0 spiro atoms. The molecule has 0 radical (unpaired) electrons. The quantitative estimate of drug-likeness (QED) is 0.532. The number of carbonyl (C=O) groups is 2. The Morgan fingerprint density at radius 3 is 2.47 bits per heavy atom. The van der Waals surface area contributed by atoms with E-state index in [0.29, 0.717) is 18.7 Å². The van der Waals surface area contributed by atoms with Crippen molar-refractivity contribution in [3.8, 4) is 0 Å². The lowest BCUT2D eigenvalue weighted by molar-refractivity contribution is -0.139. The van der Waals surface area contributed by atoms with Gasteiger partial charge in [0, 0.05) is 18.3 Å². The van der Waals surface area contributed by atoms with E-state index in [4.69, 9.17) is 0 Å². The van der Waals surface area contributed by atoms with E-state index < -0.39 is 6.04 Å². The Morgan fingerprint density at radius 2 is 1.81 bits per heavy atom. The van der Waals surface area contributed by atoms with Gasteiger partial charge in [-0.15, -0.1) is 11.8 Å². The van der Waals surface area contributed by atoms with Crippen LogP contribution in [0.15, 0.2) is 48.5 Å². The minimum atomic E-state index is -0.492. The molecule has 2 aromatic rings. The molecule has 2 amide bonds. The van der Waals surface area contributed by atoms with Crippen molar-refractivity contribution in [2.45, 2.75) is 70.3 Å². The van der Waals surface area contributed by atoms with Gasteiger partial charge in [-0.05, 0) is 55.0 Å². The number of hydrogen-bond donors (Lipinski definition) is 1. The molecule has 0 bridgehead atoms. The van der Waals surface area contributed by atoms with E-state index in [9.17, 15) is 14.0 Å². The average Bonchev–Trinajstić information content (AvgIpc) is 3.29. The van der Waals surface area contributed by atoms with Crippen LogP contribution in [-0.2, 0) is 21.9 Å². The highest BCUT2D eigenvalue weighted by atomic mass is 32.2. The average molecular weight is 457 g/mol. The van der Waals surface area contributed by atoms with Crippen LogP contribution < -0.4 is 5.32 Å². The number of benzene rings is 2. The maximum absolute atomic E-state index is 13.3. The van der Waals surface area contributed by atoms with Crippen LogP contribution in [0.2, 0.25) is 0 Å². The van der Waals surface area contributed by atoms with Gasteiger partial charge in [0.15, 0.2) is 0 Å². The molecule has 1 saturated carbocycles. The van der Waals surface area contributed by atoms with Crippen molar-refractivity contribution in [3.63, 3.8) is 0 Å². The fourth-order valence-corrected chi connectivity index (χ4v) is 5.05. The van der Waals surface area contributed by atoms with E-state index >= 15 is 0 Å². The first-order chi connectivity index (χ1) is 15.5. The summed E-state index contributed by atoms with van der Waals surface area (Å²) in [5.41, 5.74) is 3.13. The van der Waals surface area contributed by atoms with Crippen molar-refractivity contribution < 1.29 is 14.0 Å². The van der Waals surface area contributed by atoms with E-state index in [0.717, 1.165) is 42.4 Å². The number of nitrogens with one attached hydrogen (secondary N) is 1. The van der Waals surface area contributed by atoms with E-state index in [-0.39, 0.29) is 29.4 Å². The van der Waals surface area contributed by atoms with Gasteiger partial charge in [0.05, 0.1) is 5.75 Å². The molecular weight excluding hydrogens is 423 g/mol. The molecule has 2 aromatic carbocycles. The number of thioether (sulfide) groups is 1. The highest BCUT2D eigenvalue weighted by Crippen LogP contribution is 2.21. The summed E-state index contributed by atoms with van der Waals surface area (Å²) in [6, 6.07) is 14.1. The van der Waals surface area contributed by atoms with Crippen molar-refractivity contribution >= 4 is 23.6 Å². The smallest absolute Gasteiger partial charge is 0.243 e. The van der Waals surface area contributed by atoms with Crippen LogP contribution in [0.1, 0.15) is 55.7 Å². The van der Waals surface area contributed by atoms with Crippen LogP contribution in [0.4, 0.5) is 4.39 Å². The lowest BCUT2D eigenvalue weighted by Gasteiger charge is -2.32. The van der Waals surface area contributed by atoms with Crippen molar-refractivity contribution in [2.75, 3.05) is 5.75 Å². The molecule has 1 fully saturated rings. The molecule has 1 aliphatic carbocycles. The van der Waals surface area contributed by atoms with Crippen LogP contribution in [0.3, 0.4) is 0 Å². The number of carbonyl (C=O) groups excluding carboxylic acids is 2. The van der Waals surface area contributed by atoms with Gasteiger partial charge in [0.25, 0.3) is 0 Å². The number of aryl methyl sites for hydroxylation is 1. The van der Waals surface area contributed by atoms with Crippen molar-refractivity contribution in [3.05, 3.63) is 71.0 Å². The minimum Gasteiger partial charge on any atom is -0.352 e. The molecular formula is C26H33FN2O2S. The van der Waals surface area contributed by atoms with Crippen molar-refractivity contribution in [2.24, 2.45) is 0 Å². The second-order valence-electron chi connectivity index (χ2n) is 8.48. The molecule has 0 aromatic heterocycles. The van der Waals surface area contributed by atoms with Gasteiger partial charge in [-0.3, -0.25) is 9.59 Å². The number of nitrogens with zero attached hydrogens (tertiary/aromatic N) is 1. The molecule has 172 valence electrons. The lowest BCUT2D eigenvalue weighted by Crippen LogP contribution is -2.51. The molecule has 3 rings (SSSR count). The highest BCUT2D eigenvalue weighted by Gasteiger charge is 2.30. The van der Waals surface area contributed by atoms with Gasteiger partial charge in [0.2, 0.25) is 11.8 Å². The Bertz CT molecular complexity index is 897. The fourth-order valence-electron chi connectivity index (χ4n) is 4.18. The van der Waals surface area contributed by atoms with E-state index in [1.54, 1.807) is 17.0 Å². The number of halogens is 1.